The lowest BCUT2D eigenvalue weighted by Crippen LogP contribution is -2.33. The van der Waals surface area contributed by atoms with Crippen molar-refractivity contribution in [3.8, 4) is 0 Å². The predicted molar refractivity (Wildman–Crippen MR) is 74.6 cm³/mol. The van der Waals surface area contributed by atoms with Gasteiger partial charge >= 0.3 is 5.97 Å². The molecule has 108 valence electrons. The fraction of sp³-hybridized carbons (Fsp3) is 0.500. The molecule has 20 heavy (non-hydrogen) atoms. The molecule has 1 aromatic rings. The van der Waals surface area contributed by atoms with Gasteiger partial charge in [-0.2, -0.15) is 0 Å². The molecule has 1 aliphatic rings. The van der Waals surface area contributed by atoms with E-state index in [9.17, 15) is 9.59 Å². The first-order valence-electron chi connectivity index (χ1n) is 6.76. The van der Waals surface area contributed by atoms with Crippen molar-refractivity contribution in [2.75, 3.05) is 25.1 Å². The topological polar surface area (TPSA) is 71.5 Å². The summed E-state index contributed by atoms with van der Waals surface area (Å²) in [6, 6.07) is 3.86. The first-order chi connectivity index (χ1) is 9.65. The number of hydrogen-bond acceptors (Lipinski definition) is 5. The van der Waals surface area contributed by atoms with E-state index in [1.54, 1.807) is 26.2 Å². The van der Waals surface area contributed by atoms with Crippen molar-refractivity contribution in [3.63, 3.8) is 0 Å². The number of hydrogen-bond donors (Lipinski definition) is 1. The Morgan fingerprint density at radius 1 is 1.50 bits per heavy atom. The van der Waals surface area contributed by atoms with Crippen LogP contribution in [0.2, 0.25) is 0 Å². The van der Waals surface area contributed by atoms with E-state index in [4.69, 9.17) is 4.74 Å². The minimum Gasteiger partial charge on any atom is -0.465 e. The lowest BCUT2D eigenvalue weighted by atomic mass is 10.2. The summed E-state index contributed by atoms with van der Waals surface area (Å²) >= 11 is 0. The van der Waals surface area contributed by atoms with Crippen LogP contribution in [0.5, 0.6) is 0 Å². The van der Waals surface area contributed by atoms with E-state index in [2.05, 4.69) is 10.3 Å². The Labute approximate surface area is 118 Å². The Balaban J connectivity index is 2.17. The summed E-state index contributed by atoms with van der Waals surface area (Å²) < 4.78 is 5.00. The minimum atomic E-state index is -0.252. The normalized spacial score (nSPS) is 13.7. The largest absolute Gasteiger partial charge is 0.465 e. The van der Waals surface area contributed by atoms with Crippen LogP contribution in [0, 0.1) is 0 Å². The Bertz CT molecular complexity index is 500. The standard InChI is InChI=1S/C14H19N3O3/c1-3-20-13(18)9-17(10-4-5-10)11-6-7-16-12(8-11)14(19)15-2/h6-8,10H,3-5,9H2,1-2H3,(H,15,19). The van der Waals surface area contributed by atoms with Gasteiger partial charge in [-0.15, -0.1) is 0 Å². The van der Waals surface area contributed by atoms with Gasteiger partial charge in [0.2, 0.25) is 0 Å². The van der Waals surface area contributed by atoms with Crippen molar-refractivity contribution in [1.29, 1.82) is 0 Å². The van der Waals surface area contributed by atoms with Crippen molar-refractivity contribution >= 4 is 17.6 Å². The average molecular weight is 277 g/mol. The summed E-state index contributed by atoms with van der Waals surface area (Å²) in [5, 5.41) is 2.54. The summed E-state index contributed by atoms with van der Waals surface area (Å²) in [6.45, 7) is 2.36. The molecule has 1 fully saturated rings. The second-order valence-electron chi connectivity index (χ2n) is 4.64. The quantitative estimate of drug-likeness (QED) is 0.785. The lowest BCUT2D eigenvalue weighted by Gasteiger charge is -2.23. The van der Waals surface area contributed by atoms with Crippen LogP contribution in [0.15, 0.2) is 18.3 Å². The summed E-state index contributed by atoms with van der Waals surface area (Å²) in [5.74, 6) is -0.489. The third-order valence-corrected chi connectivity index (χ3v) is 3.13. The molecule has 1 N–H and O–H groups in total. The fourth-order valence-corrected chi connectivity index (χ4v) is 2.01. The van der Waals surface area contributed by atoms with Gasteiger partial charge in [-0.1, -0.05) is 0 Å². The van der Waals surface area contributed by atoms with E-state index in [0.717, 1.165) is 18.5 Å². The van der Waals surface area contributed by atoms with Crippen LogP contribution < -0.4 is 10.2 Å². The highest BCUT2D eigenvalue weighted by Crippen LogP contribution is 2.31. The number of rotatable bonds is 6. The molecule has 6 nitrogen and oxygen atoms in total. The first-order valence-corrected chi connectivity index (χ1v) is 6.76. The SMILES string of the molecule is CCOC(=O)CN(c1ccnc(C(=O)NC)c1)C1CC1. The number of anilines is 1. The van der Waals surface area contributed by atoms with E-state index in [1.165, 1.54) is 0 Å². The lowest BCUT2D eigenvalue weighted by molar-refractivity contribution is -0.141. The van der Waals surface area contributed by atoms with Crippen LogP contribution in [0.1, 0.15) is 30.3 Å². The van der Waals surface area contributed by atoms with E-state index in [1.807, 2.05) is 11.0 Å². The second kappa shape index (κ2) is 6.36. The van der Waals surface area contributed by atoms with Crippen LogP contribution in [0.4, 0.5) is 5.69 Å². The molecular formula is C14H19N3O3. The molecule has 0 saturated heterocycles. The third-order valence-electron chi connectivity index (χ3n) is 3.13. The molecule has 0 radical (unpaired) electrons. The van der Waals surface area contributed by atoms with Crippen LogP contribution in [0.3, 0.4) is 0 Å². The molecule has 0 aromatic carbocycles. The monoisotopic (exact) mass is 277 g/mol. The van der Waals surface area contributed by atoms with Gasteiger partial charge in [-0.05, 0) is 31.9 Å². The zero-order valence-electron chi connectivity index (χ0n) is 11.8. The van der Waals surface area contributed by atoms with Gasteiger partial charge in [-0.3, -0.25) is 14.6 Å². The van der Waals surface area contributed by atoms with Gasteiger partial charge in [0.25, 0.3) is 5.91 Å². The molecular weight excluding hydrogens is 258 g/mol. The molecule has 0 bridgehead atoms. The smallest absolute Gasteiger partial charge is 0.325 e. The van der Waals surface area contributed by atoms with Gasteiger partial charge in [0, 0.05) is 25.0 Å². The number of carbonyl (C=O) groups is 2. The average Bonchev–Trinajstić information content (AvgIpc) is 3.29. The van der Waals surface area contributed by atoms with Gasteiger partial charge in [0.05, 0.1) is 6.61 Å². The van der Waals surface area contributed by atoms with E-state index in [0.29, 0.717) is 18.3 Å². The number of ether oxygens (including phenoxy) is 1. The van der Waals surface area contributed by atoms with E-state index >= 15 is 0 Å². The van der Waals surface area contributed by atoms with Crippen LogP contribution in [-0.4, -0.2) is 43.1 Å². The first kappa shape index (κ1) is 14.3. The summed E-state index contributed by atoms with van der Waals surface area (Å²) in [4.78, 5) is 29.3. The summed E-state index contributed by atoms with van der Waals surface area (Å²) in [6.07, 6.45) is 3.69. The van der Waals surface area contributed by atoms with Crippen molar-refractivity contribution in [2.45, 2.75) is 25.8 Å². The van der Waals surface area contributed by atoms with Crippen LogP contribution in [-0.2, 0) is 9.53 Å². The van der Waals surface area contributed by atoms with Gasteiger partial charge in [-0.25, -0.2) is 0 Å². The highest BCUT2D eigenvalue weighted by Gasteiger charge is 2.31. The van der Waals surface area contributed by atoms with Crippen molar-refractivity contribution in [1.82, 2.24) is 10.3 Å². The zero-order chi connectivity index (χ0) is 14.5. The maximum absolute atomic E-state index is 11.7. The van der Waals surface area contributed by atoms with Crippen molar-refractivity contribution in [2.24, 2.45) is 0 Å². The van der Waals surface area contributed by atoms with E-state index < -0.39 is 0 Å². The molecule has 1 amide bonds. The molecule has 6 heteroatoms. The number of carbonyl (C=O) groups excluding carboxylic acids is 2. The molecule has 0 atom stereocenters. The van der Waals surface area contributed by atoms with E-state index in [-0.39, 0.29) is 18.4 Å². The number of nitrogens with one attached hydrogen (secondary N) is 1. The minimum absolute atomic E-state index is 0.204. The molecule has 1 aromatic heterocycles. The molecule has 1 heterocycles. The molecule has 1 saturated carbocycles. The fourth-order valence-electron chi connectivity index (χ4n) is 2.01. The number of aromatic nitrogens is 1. The Hall–Kier alpha value is -2.11. The van der Waals surface area contributed by atoms with Gasteiger partial charge < -0.3 is 15.0 Å². The highest BCUT2D eigenvalue weighted by molar-refractivity contribution is 5.93. The molecule has 0 unspecified atom stereocenters. The van der Waals surface area contributed by atoms with Crippen molar-refractivity contribution in [3.05, 3.63) is 24.0 Å². The zero-order valence-corrected chi connectivity index (χ0v) is 11.8. The second-order valence-corrected chi connectivity index (χ2v) is 4.64. The Kier molecular flexibility index (Phi) is 4.55. The number of amides is 1. The molecule has 1 aliphatic carbocycles. The molecule has 0 spiro atoms. The maximum atomic E-state index is 11.7. The Morgan fingerprint density at radius 2 is 2.25 bits per heavy atom. The summed E-state index contributed by atoms with van der Waals surface area (Å²) in [5.41, 5.74) is 1.17. The third kappa shape index (κ3) is 3.46. The summed E-state index contributed by atoms with van der Waals surface area (Å²) in [7, 11) is 1.56. The van der Waals surface area contributed by atoms with Gasteiger partial charge in [0.1, 0.15) is 12.2 Å². The predicted octanol–water partition coefficient (Wildman–Crippen LogP) is 0.973. The number of nitrogens with zero attached hydrogens (tertiary/aromatic N) is 2. The maximum Gasteiger partial charge on any atom is 0.325 e. The van der Waals surface area contributed by atoms with Gasteiger partial charge in [0.15, 0.2) is 0 Å². The van der Waals surface area contributed by atoms with Crippen LogP contribution in [0.25, 0.3) is 0 Å². The highest BCUT2D eigenvalue weighted by atomic mass is 16.5. The number of esters is 1. The molecule has 2 rings (SSSR count). The molecule has 0 aliphatic heterocycles. The van der Waals surface area contributed by atoms with Crippen molar-refractivity contribution < 1.29 is 14.3 Å². The number of pyridine rings is 1. The Morgan fingerprint density at radius 3 is 2.85 bits per heavy atom. The van der Waals surface area contributed by atoms with Crippen LogP contribution >= 0.6 is 0 Å².